The van der Waals surface area contributed by atoms with Crippen LogP contribution < -0.4 is 5.32 Å². The molecule has 1 saturated heterocycles. The van der Waals surface area contributed by atoms with Crippen molar-refractivity contribution in [3.05, 3.63) is 0 Å². The molecule has 0 aromatic heterocycles. The van der Waals surface area contributed by atoms with Gasteiger partial charge in [0.25, 0.3) is 0 Å². The third-order valence-corrected chi connectivity index (χ3v) is 4.24. The van der Waals surface area contributed by atoms with Crippen LogP contribution in [0.25, 0.3) is 0 Å². The molecule has 3 nitrogen and oxygen atoms in total. The van der Waals surface area contributed by atoms with E-state index < -0.39 is 0 Å². The molecule has 2 fully saturated rings. The highest BCUT2D eigenvalue weighted by molar-refractivity contribution is 4.88. The molecule has 0 aromatic rings. The van der Waals surface area contributed by atoms with E-state index in [1.54, 1.807) is 0 Å². The first-order valence-corrected chi connectivity index (χ1v) is 6.60. The lowest BCUT2D eigenvalue weighted by Gasteiger charge is -2.37. The van der Waals surface area contributed by atoms with E-state index in [1.807, 2.05) is 7.11 Å². The van der Waals surface area contributed by atoms with Gasteiger partial charge in [0.1, 0.15) is 0 Å². The number of rotatable bonds is 4. The third-order valence-electron chi connectivity index (χ3n) is 4.24. The van der Waals surface area contributed by atoms with Crippen LogP contribution in [0, 0.1) is 5.92 Å². The summed E-state index contributed by atoms with van der Waals surface area (Å²) in [4.78, 5) is 0. The molecule has 0 amide bonds. The molecule has 1 saturated carbocycles. The fourth-order valence-electron chi connectivity index (χ4n) is 2.92. The van der Waals surface area contributed by atoms with Gasteiger partial charge in [-0.15, -0.1) is 0 Å². The smallest absolute Gasteiger partial charge is 0.0846 e. The highest BCUT2D eigenvalue weighted by Gasteiger charge is 2.33. The van der Waals surface area contributed by atoms with Crippen LogP contribution in [0.2, 0.25) is 0 Å². The summed E-state index contributed by atoms with van der Waals surface area (Å²) in [6.45, 7) is 5.03. The minimum Gasteiger partial charge on any atom is -0.381 e. The third kappa shape index (κ3) is 2.96. The van der Waals surface area contributed by atoms with Crippen molar-refractivity contribution in [3.63, 3.8) is 0 Å². The van der Waals surface area contributed by atoms with E-state index in [-0.39, 0.29) is 5.60 Å². The first kappa shape index (κ1) is 12.3. The number of nitrogens with one attached hydrogen (secondary N) is 1. The molecular formula is C13H25NO2. The quantitative estimate of drug-likeness (QED) is 0.796. The predicted octanol–water partition coefficient (Wildman–Crippen LogP) is 1.96. The van der Waals surface area contributed by atoms with E-state index >= 15 is 0 Å². The molecule has 0 bridgehead atoms. The zero-order valence-corrected chi connectivity index (χ0v) is 10.6. The number of methoxy groups -OCH3 is 1. The molecule has 2 atom stereocenters. The summed E-state index contributed by atoms with van der Waals surface area (Å²) in [5, 5.41) is 3.69. The van der Waals surface area contributed by atoms with Gasteiger partial charge in [-0.1, -0.05) is 6.92 Å². The molecule has 0 spiro atoms. The second-order valence-corrected chi connectivity index (χ2v) is 5.50. The molecular weight excluding hydrogens is 202 g/mol. The van der Waals surface area contributed by atoms with Crippen LogP contribution in [0.3, 0.4) is 0 Å². The molecule has 2 rings (SSSR count). The first-order chi connectivity index (χ1) is 7.74. The lowest BCUT2D eigenvalue weighted by atomic mass is 9.93. The zero-order valence-electron chi connectivity index (χ0n) is 10.6. The van der Waals surface area contributed by atoms with Gasteiger partial charge in [0.2, 0.25) is 0 Å². The lowest BCUT2D eigenvalue weighted by molar-refractivity contribution is -0.0886. The Morgan fingerprint density at radius 3 is 2.62 bits per heavy atom. The maximum absolute atomic E-state index is 5.72. The van der Waals surface area contributed by atoms with Crippen LogP contribution >= 0.6 is 0 Å². The monoisotopic (exact) mass is 227 g/mol. The second-order valence-electron chi connectivity index (χ2n) is 5.50. The predicted molar refractivity (Wildman–Crippen MR) is 64.6 cm³/mol. The fraction of sp³-hybridized carbons (Fsp3) is 1.00. The molecule has 2 aliphatic rings. The van der Waals surface area contributed by atoms with Gasteiger partial charge in [0.15, 0.2) is 0 Å². The number of hydrogen-bond acceptors (Lipinski definition) is 3. The molecule has 2 unspecified atom stereocenters. The van der Waals surface area contributed by atoms with Gasteiger partial charge in [-0.05, 0) is 25.2 Å². The van der Waals surface area contributed by atoms with Gasteiger partial charge in [-0.25, -0.2) is 0 Å². The van der Waals surface area contributed by atoms with Gasteiger partial charge in [-0.2, -0.15) is 0 Å². The normalized spacial score (nSPS) is 34.1. The summed E-state index contributed by atoms with van der Waals surface area (Å²) < 4.78 is 11.1. The van der Waals surface area contributed by atoms with E-state index in [0.717, 1.165) is 38.5 Å². The summed E-state index contributed by atoms with van der Waals surface area (Å²) in [6, 6.07) is 0.713. The SMILES string of the molecule is COC1(CNC2CCC(C)C2)CCOCC1. The van der Waals surface area contributed by atoms with Crippen LogP contribution in [0.15, 0.2) is 0 Å². The summed E-state index contributed by atoms with van der Waals surface area (Å²) in [7, 11) is 1.84. The average Bonchev–Trinajstić information content (AvgIpc) is 2.74. The molecule has 1 heterocycles. The van der Waals surface area contributed by atoms with Crippen molar-refractivity contribution in [2.75, 3.05) is 26.9 Å². The molecule has 0 radical (unpaired) electrons. The maximum atomic E-state index is 5.72. The van der Waals surface area contributed by atoms with Crippen LogP contribution in [-0.2, 0) is 9.47 Å². The van der Waals surface area contributed by atoms with Crippen molar-refractivity contribution >= 4 is 0 Å². The average molecular weight is 227 g/mol. The highest BCUT2D eigenvalue weighted by atomic mass is 16.5. The van der Waals surface area contributed by atoms with Crippen LogP contribution in [0.4, 0.5) is 0 Å². The van der Waals surface area contributed by atoms with Crippen LogP contribution in [0.1, 0.15) is 39.0 Å². The van der Waals surface area contributed by atoms with Crippen molar-refractivity contribution in [3.8, 4) is 0 Å². The topological polar surface area (TPSA) is 30.5 Å². The molecule has 94 valence electrons. The second kappa shape index (κ2) is 5.48. The van der Waals surface area contributed by atoms with Gasteiger partial charge in [0.05, 0.1) is 5.60 Å². The molecule has 1 aliphatic heterocycles. The van der Waals surface area contributed by atoms with E-state index in [2.05, 4.69) is 12.2 Å². The van der Waals surface area contributed by atoms with Crippen molar-refractivity contribution in [1.82, 2.24) is 5.32 Å². The fourth-order valence-corrected chi connectivity index (χ4v) is 2.92. The molecule has 1 aliphatic carbocycles. The summed E-state index contributed by atoms with van der Waals surface area (Å²) in [6.07, 6.45) is 6.09. The summed E-state index contributed by atoms with van der Waals surface area (Å²) in [5.41, 5.74) is 0.0318. The molecule has 0 aromatic carbocycles. The van der Waals surface area contributed by atoms with Gasteiger partial charge in [-0.3, -0.25) is 0 Å². The van der Waals surface area contributed by atoms with Crippen molar-refractivity contribution in [2.24, 2.45) is 5.92 Å². The number of ether oxygens (including phenoxy) is 2. The summed E-state index contributed by atoms with van der Waals surface area (Å²) >= 11 is 0. The van der Waals surface area contributed by atoms with E-state index in [1.165, 1.54) is 19.3 Å². The van der Waals surface area contributed by atoms with Crippen LogP contribution in [0.5, 0.6) is 0 Å². The standard InChI is InChI=1S/C13H25NO2/c1-11-3-4-12(9-11)14-10-13(15-2)5-7-16-8-6-13/h11-12,14H,3-10H2,1-2H3. The minimum atomic E-state index is 0.0318. The Hall–Kier alpha value is -0.120. The van der Waals surface area contributed by atoms with Crippen molar-refractivity contribution in [1.29, 1.82) is 0 Å². The zero-order chi connectivity index (χ0) is 11.4. The summed E-state index contributed by atoms with van der Waals surface area (Å²) in [5.74, 6) is 0.894. The Morgan fingerprint density at radius 2 is 2.06 bits per heavy atom. The van der Waals surface area contributed by atoms with Gasteiger partial charge in [0, 0.05) is 45.8 Å². The first-order valence-electron chi connectivity index (χ1n) is 6.60. The Labute approximate surface area is 98.9 Å². The van der Waals surface area contributed by atoms with Gasteiger partial charge >= 0.3 is 0 Å². The molecule has 16 heavy (non-hydrogen) atoms. The Morgan fingerprint density at radius 1 is 1.31 bits per heavy atom. The van der Waals surface area contributed by atoms with E-state index in [9.17, 15) is 0 Å². The molecule has 1 N–H and O–H groups in total. The minimum absolute atomic E-state index is 0.0318. The highest BCUT2D eigenvalue weighted by Crippen LogP contribution is 2.27. The maximum Gasteiger partial charge on any atom is 0.0846 e. The lowest BCUT2D eigenvalue weighted by Crippen LogP contribution is -2.48. The van der Waals surface area contributed by atoms with Crippen molar-refractivity contribution in [2.45, 2.75) is 50.7 Å². The van der Waals surface area contributed by atoms with Crippen molar-refractivity contribution < 1.29 is 9.47 Å². The van der Waals surface area contributed by atoms with Crippen LogP contribution in [-0.4, -0.2) is 38.5 Å². The van der Waals surface area contributed by atoms with Gasteiger partial charge < -0.3 is 14.8 Å². The number of hydrogen-bond donors (Lipinski definition) is 1. The Balaban J connectivity index is 1.78. The molecule has 3 heteroatoms. The Kier molecular flexibility index (Phi) is 4.22. The Bertz CT molecular complexity index is 214. The van der Waals surface area contributed by atoms with E-state index in [0.29, 0.717) is 6.04 Å². The largest absolute Gasteiger partial charge is 0.381 e. The van der Waals surface area contributed by atoms with E-state index in [4.69, 9.17) is 9.47 Å².